The molecular formula is C17H16N2O3. The molecule has 0 unspecified atom stereocenters. The van der Waals surface area contributed by atoms with Crippen molar-refractivity contribution in [1.29, 1.82) is 0 Å². The van der Waals surface area contributed by atoms with Crippen LogP contribution in [0.25, 0.3) is 0 Å². The fourth-order valence-corrected chi connectivity index (χ4v) is 2.01. The lowest BCUT2D eigenvalue weighted by molar-refractivity contribution is -0.114. The molecule has 0 heterocycles. The lowest BCUT2D eigenvalue weighted by Crippen LogP contribution is -2.23. The summed E-state index contributed by atoms with van der Waals surface area (Å²) in [5.41, 5.74) is 6.78. The Morgan fingerprint density at radius 3 is 2.27 bits per heavy atom. The zero-order chi connectivity index (χ0) is 16.1. The quantitative estimate of drug-likeness (QED) is 0.826. The third-order valence-electron chi connectivity index (χ3n) is 3.17. The van der Waals surface area contributed by atoms with E-state index >= 15 is 0 Å². The predicted octanol–water partition coefficient (Wildman–Crippen LogP) is 2.02. The molecule has 0 fully saturated rings. The highest BCUT2D eigenvalue weighted by atomic mass is 16.2. The molecule has 3 N–H and O–H groups in total. The van der Waals surface area contributed by atoms with Crippen molar-refractivity contribution in [2.45, 2.75) is 6.92 Å². The van der Waals surface area contributed by atoms with E-state index in [-0.39, 0.29) is 23.7 Å². The Bertz CT molecular complexity index is 724. The fourth-order valence-electron chi connectivity index (χ4n) is 2.01. The number of hydrogen-bond donors (Lipinski definition) is 2. The molecule has 0 aliphatic rings. The molecule has 2 rings (SSSR count). The number of anilines is 1. The Morgan fingerprint density at radius 2 is 1.68 bits per heavy atom. The number of nitrogens with two attached hydrogens (primary N) is 1. The summed E-state index contributed by atoms with van der Waals surface area (Å²) in [6, 6.07) is 13.3. The van der Waals surface area contributed by atoms with Gasteiger partial charge in [-0.3, -0.25) is 14.4 Å². The van der Waals surface area contributed by atoms with Gasteiger partial charge in [-0.05, 0) is 25.1 Å². The Morgan fingerprint density at radius 1 is 1.00 bits per heavy atom. The minimum atomic E-state index is -0.405. The summed E-state index contributed by atoms with van der Waals surface area (Å²) >= 11 is 0. The minimum Gasteiger partial charge on any atom is -0.324 e. The van der Waals surface area contributed by atoms with Crippen molar-refractivity contribution in [2.24, 2.45) is 5.73 Å². The highest BCUT2D eigenvalue weighted by Crippen LogP contribution is 2.21. The van der Waals surface area contributed by atoms with Crippen LogP contribution in [-0.2, 0) is 4.79 Å². The summed E-state index contributed by atoms with van der Waals surface area (Å²) in [6.07, 6.45) is 0. The zero-order valence-electron chi connectivity index (χ0n) is 12.1. The topological polar surface area (TPSA) is 89.3 Å². The number of Topliss-reactive ketones (excluding diaryl/α,β-unsaturated/α-hetero) is 1. The van der Waals surface area contributed by atoms with Gasteiger partial charge in [-0.25, -0.2) is 0 Å². The molecule has 0 aliphatic heterocycles. The maximum absolute atomic E-state index is 12.6. The first-order chi connectivity index (χ1) is 10.5. The monoisotopic (exact) mass is 296 g/mol. The Hall–Kier alpha value is -2.79. The van der Waals surface area contributed by atoms with Crippen LogP contribution in [0.1, 0.15) is 33.2 Å². The van der Waals surface area contributed by atoms with Gasteiger partial charge < -0.3 is 11.1 Å². The molecule has 5 heteroatoms. The molecule has 0 spiro atoms. The van der Waals surface area contributed by atoms with E-state index in [1.54, 1.807) is 42.5 Å². The number of carbonyl (C=O) groups excluding carboxylic acids is 3. The van der Waals surface area contributed by atoms with Gasteiger partial charge in [0.25, 0.3) is 0 Å². The van der Waals surface area contributed by atoms with Gasteiger partial charge in [0.05, 0.1) is 12.2 Å². The molecule has 0 aromatic heterocycles. The molecule has 22 heavy (non-hydrogen) atoms. The van der Waals surface area contributed by atoms with Crippen LogP contribution in [0.15, 0.2) is 48.5 Å². The normalized spacial score (nSPS) is 10.1. The number of carbonyl (C=O) groups is 3. The number of nitrogens with one attached hydrogen (secondary N) is 1. The molecule has 0 saturated carbocycles. The van der Waals surface area contributed by atoms with Crippen molar-refractivity contribution >= 4 is 23.2 Å². The smallest absolute Gasteiger partial charge is 0.238 e. The van der Waals surface area contributed by atoms with Crippen molar-refractivity contribution in [2.75, 3.05) is 11.9 Å². The second-order valence-electron chi connectivity index (χ2n) is 4.76. The van der Waals surface area contributed by atoms with E-state index in [1.165, 1.54) is 13.0 Å². The number of ketones is 2. The number of amides is 1. The lowest BCUT2D eigenvalue weighted by atomic mass is 9.98. The summed E-state index contributed by atoms with van der Waals surface area (Å²) in [4.78, 5) is 35.6. The lowest BCUT2D eigenvalue weighted by Gasteiger charge is -2.11. The van der Waals surface area contributed by atoms with Crippen LogP contribution in [0.2, 0.25) is 0 Å². The minimum absolute atomic E-state index is 0.154. The number of rotatable bonds is 5. The third-order valence-corrected chi connectivity index (χ3v) is 3.17. The van der Waals surface area contributed by atoms with Crippen LogP contribution in [-0.4, -0.2) is 24.0 Å². The van der Waals surface area contributed by atoms with Crippen LogP contribution in [0, 0.1) is 0 Å². The van der Waals surface area contributed by atoms with Gasteiger partial charge in [-0.2, -0.15) is 0 Å². The van der Waals surface area contributed by atoms with Crippen LogP contribution in [0.3, 0.4) is 0 Å². The van der Waals surface area contributed by atoms with Gasteiger partial charge in [0.1, 0.15) is 0 Å². The Kier molecular flexibility index (Phi) is 4.80. The first kappa shape index (κ1) is 15.6. The van der Waals surface area contributed by atoms with E-state index in [0.29, 0.717) is 16.8 Å². The molecule has 0 atom stereocenters. The second kappa shape index (κ2) is 6.78. The van der Waals surface area contributed by atoms with Gasteiger partial charge in [0.15, 0.2) is 11.6 Å². The van der Waals surface area contributed by atoms with E-state index in [2.05, 4.69) is 5.32 Å². The molecule has 0 radical (unpaired) electrons. The van der Waals surface area contributed by atoms with Gasteiger partial charge in [-0.15, -0.1) is 0 Å². The van der Waals surface area contributed by atoms with Gasteiger partial charge >= 0.3 is 0 Å². The largest absolute Gasteiger partial charge is 0.324 e. The van der Waals surface area contributed by atoms with Crippen molar-refractivity contribution in [3.63, 3.8) is 0 Å². The Balaban J connectivity index is 2.49. The molecule has 5 nitrogen and oxygen atoms in total. The van der Waals surface area contributed by atoms with Crippen molar-refractivity contribution in [3.05, 3.63) is 65.2 Å². The van der Waals surface area contributed by atoms with E-state index < -0.39 is 5.91 Å². The first-order valence-electron chi connectivity index (χ1n) is 6.77. The first-order valence-corrected chi connectivity index (χ1v) is 6.77. The number of hydrogen-bond acceptors (Lipinski definition) is 4. The molecule has 112 valence electrons. The molecule has 2 aromatic rings. The summed E-state index contributed by atoms with van der Waals surface area (Å²) < 4.78 is 0. The highest BCUT2D eigenvalue weighted by molar-refractivity contribution is 6.15. The summed E-state index contributed by atoms with van der Waals surface area (Å²) in [7, 11) is 0. The average molecular weight is 296 g/mol. The third kappa shape index (κ3) is 3.45. The maximum atomic E-state index is 12.6. The second-order valence-corrected chi connectivity index (χ2v) is 4.76. The maximum Gasteiger partial charge on any atom is 0.238 e. The zero-order valence-corrected chi connectivity index (χ0v) is 12.1. The van der Waals surface area contributed by atoms with Crippen LogP contribution >= 0.6 is 0 Å². The molecule has 1 amide bonds. The summed E-state index contributed by atoms with van der Waals surface area (Å²) in [5, 5.41) is 2.58. The Labute approximate surface area is 128 Å². The van der Waals surface area contributed by atoms with E-state index in [1.807, 2.05) is 0 Å². The van der Waals surface area contributed by atoms with Crippen molar-refractivity contribution < 1.29 is 14.4 Å². The summed E-state index contributed by atoms with van der Waals surface area (Å²) in [6.45, 7) is 1.23. The van der Waals surface area contributed by atoms with E-state index in [4.69, 9.17) is 5.73 Å². The van der Waals surface area contributed by atoms with E-state index in [9.17, 15) is 14.4 Å². The molecule has 0 aliphatic carbocycles. The van der Waals surface area contributed by atoms with Crippen molar-refractivity contribution in [1.82, 2.24) is 0 Å². The van der Waals surface area contributed by atoms with E-state index in [0.717, 1.165) is 0 Å². The standard InChI is InChI=1S/C17H16N2O3/c1-11(20)13-7-8-15(19-16(21)10-18)14(9-13)17(22)12-5-3-2-4-6-12/h2-9H,10,18H2,1H3,(H,19,21). The molecule has 0 bridgehead atoms. The molecule has 0 saturated heterocycles. The van der Waals surface area contributed by atoms with Crippen molar-refractivity contribution in [3.8, 4) is 0 Å². The molecule has 2 aromatic carbocycles. The summed E-state index contributed by atoms with van der Waals surface area (Å²) in [5.74, 6) is -0.826. The predicted molar refractivity (Wildman–Crippen MR) is 84.0 cm³/mol. The van der Waals surface area contributed by atoms with Crippen LogP contribution < -0.4 is 11.1 Å². The average Bonchev–Trinajstić information content (AvgIpc) is 2.55. The fraction of sp³-hybridized carbons (Fsp3) is 0.118. The van der Waals surface area contributed by atoms with Gasteiger partial charge in [-0.1, -0.05) is 30.3 Å². The molecular weight excluding hydrogens is 280 g/mol. The van der Waals surface area contributed by atoms with Gasteiger partial charge in [0.2, 0.25) is 5.91 Å². The highest BCUT2D eigenvalue weighted by Gasteiger charge is 2.16. The number of benzene rings is 2. The SMILES string of the molecule is CC(=O)c1ccc(NC(=O)CN)c(C(=O)c2ccccc2)c1. The van der Waals surface area contributed by atoms with Crippen LogP contribution in [0.5, 0.6) is 0 Å². The van der Waals surface area contributed by atoms with Gasteiger partial charge in [0, 0.05) is 16.7 Å². The van der Waals surface area contributed by atoms with Crippen LogP contribution in [0.4, 0.5) is 5.69 Å².